The third kappa shape index (κ3) is 3.03. The third-order valence-electron chi connectivity index (χ3n) is 3.85. The number of likely N-dealkylation sites (tertiary alicyclic amines) is 1. The number of aliphatic carboxylic acids is 1. The van der Waals surface area contributed by atoms with Gasteiger partial charge >= 0.3 is 5.97 Å². The Labute approximate surface area is 132 Å². The van der Waals surface area contributed by atoms with Gasteiger partial charge < -0.3 is 9.84 Å². The summed E-state index contributed by atoms with van der Waals surface area (Å²) in [7, 11) is 0. The van der Waals surface area contributed by atoms with E-state index in [-0.39, 0.29) is 0 Å². The average Bonchev–Trinajstić information content (AvgIpc) is 2.86. The zero-order chi connectivity index (χ0) is 15.0. The van der Waals surface area contributed by atoms with E-state index in [1.54, 1.807) is 12.1 Å². The largest absolute Gasteiger partial charge is 0.487 e. The van der Waals surface area contributed by atoms with E-state index in [0.717, 1.165) is 24.1 Å². The van der Waals surface area contributed by atoms with Gasteiger partial charge in [0, 0.05) is 17.1 Å². The van der Waals surface area contributed by atoms with Crippen LogP contribution in [0, 0.1) is 0 Å². The summed E-state index contributed by atoms with van der Waals surface area (Å²) in [5.74, 6) is -0.114. The lowest BCUT2D eigenvalue weighted by molar-refractivity contribution is -0.142. The van der Waals surface area contributed by atoms with Crippen LogP contribution in [-0.4, -0.2) is 41.7 Å². The van der Waals surface area contributed by atoms with Gasteiger partial charge in [-0.25, -0.2) is 0 Å². The molecule has 1 N–H and O–H groups in total. The summed E-state index contributed by atoms with van der Waals surface area (Å²) in [5, 5.41) is 10.3. The van der Waals surface area contributed by atoms with E-state index in [1.807, 2.05) is 11.0 Å². The van der Waals surface area contributed by atoms with Crippen LogP contribution >= 0.6 is 23.2 Å². The second kappa shape index (κ2) is 5.87. The van der Waals surface area contributed by atoms with Gasteiger partial charge in [0.1, 0.15) is 18.4 Å². The molecule has 1 atom stereocenters. The lowest BCUT2D eigenvalue weighted by Crippen LogP contribution is -2.38. The monoisotopic (exact) mass is 327 g/mol. The molecule has 0 spiro atoms. The highest BCUT2D eigenvalue weighted by Gasteiger charge is 2.31. The van der Waals surface area contributed by atoms with Crippen molar-refractivity contribution in [2.45, 2.75) is 18.9 Å². The van der Waals surface area contributed by atoms with Gasteiger partial charge in [-0.15, -0.1) is 0 Å². The number of carboxylic acid groups (broad SMARTS) is 1. The van der Waals surface area contributed by atoms with Crippen molar-refractivity contribution in [3.63, 3.8) is 0 Å². The van der Waals surface area contributed by atoms with Crippen LogP contribution in [0.15, 0.2) is 17.7 Å². The standard InChI is InChI=1S/C15H15Cl2NO3/c16-11-5-10-4-9(8-21-14(10)12(17)6-11)7-18-3-1-2-13(18)15(19)20/h4-6,13H,1-3,7-8H2,(H,19,20)/t13-/m1/s1. The van der Waals surface area contributed by atoms with E-state index in [1.165, 1.54) is 0 Å². The second-order valence-electron chi connectivity index (χ2n) is 5.36. The molecule has 6 heteroatoms. The topological polar surface area (TPSA) is 49.8 Å². The van der Waals surface area contributed by atoms with Crippen molar-refractivity contribution < 1.29 is 14.6 Å². The molecule has 3 rings (SSSR count). The number of halogens is 2. The molecule has 1 aromatic carbocycles. The Hall–Kier alpha value is -1.23. The van der Waals surface area contributed by atoms with Gasteiger partial charge in [0.25, 0.3) is 0 Å². The van der Waals surface area contributed by atoms with E-state index >= 15 is 0 Å². The number of carboxylic acids is 1. The molecule has 112 valence electrons. The molecule has 21 heavy (non-hydrogen) atoms. The fourth-order valence-corrected chi connectivity index (χ4v) is 3.48. The third-order valence-corrected chi connectivity index (χ3v) is 4.35. The molecule has 0 unspecified atom stereocenters. The first-order valence-electron chi connectivity index (χ1n) is 6.83. The van der Waals surface area contributed by atoms with Gasteiger partial charge in [-0.05, 0) is 43.2 Å². The summed E-state index contributed by atoms with van der Waals surface area (Å²) in [6, 6.07) is 3.07. The minimum absolute atomic E-state index is 0.393. The van der Waals surface area contributed by atoms with Crippen LogP contribution in [0.2, 0.25) is 10.0 Å². The molecule has 0 amide bonds. The lowest BCUT2D eigenvalue weighted by Gasteiger charge is -2.25. The predicted octanol–water partition coefficient (Wildman–Crippen LogP) is 3.32. The summed E-state index contributed by atoms with van der Waals surface area (Å²) >= 11 is 12.1. The van der Waals surface area contributed by atoms with Crippen LogP contribution in [-0.2, 0) is 4.79 Å². The molecular weight excluding hydrogens is 313 g/mol. The molecule has 0 saturated carbocycles. The first-order chi connectivity index (χ1) is 10.0. The Balaban J connectivity index is 1.81. The molecule has 2 heterocycles. The number of hydrogen-bond donors (Lipinski definition) is 1. The van der Waals surface area contributed by atoms with Crippen LogP contribution in [0.4, 0.5) is 0 Å². The Kier molecular flexibility index (Phi) is 4.11. The van der Waals surface area contributed by atoms with Crippen molar-refractivity contribution in [2.75, 3.05) is 19.7 Å². The van der Waals surface area contributed by atoms with Crippen LogP contribution < -0.4 is 4.74 Å². The molecule has 1 fully saturated rings. The van der Waals surface area contributed by atoms with Crippen molar-refractivity contribution in [2.24, 2.45) is 0 Å². The number of nitrogens with zero attached hydrogens (tertiary/aromatic N) is 1. The van der Waals surface area contributed by atoms with Gasteiger partial charge in [0.05, 0.1) is 5.02 Å². The van der Waals surface area contributed by atoms with Gasteiger partial charge in [-0.2, -0.15) is 0 Å². The highest BCUT2D eigenvalue weighted by atomic mass is 35.5. The molecule has 2 aliphatic rings. The Bertz CT molecular complexity index is 615. The maximum atomic E-state index is 11.2. The molecule has 1 aromatic rings. The van der Waals surface area contributed by atoms with Crippen molar-refractivity contribution in [3.8, 4) is 5.75 Å². The number of rotatable bonds is 3. The number of fused-ring (bicyclic) bond motifs is 1. The molecule has 2 aliphatic heterocycles. The summed E-state index contributed by atoms with van der Waals surface area (Å²) in [6.45, 7) is 1.83. The fraction of sp³-hybridized carbons (Fsp3) is 0.400. The van der Waals surface area contributed by atoms with Crippen molar-refractivity contribution in [1.29, 1.82) is 0 Å². The predicted molar refractivity (Wildman–Crippen MR) is 82.2 cm³/mol. The molecule has 1 saturated heterocycles. The van der Waals surface area contributed by atoms with E-state index in [4.69, 9.17) is 27.9 Å². The summed E-state index contributed by atoms with van der Waals surface area (Å²) in [5.41, 5.74) is 1.88. The first-order valence-corrected chi connectivity index (χ1v) is 7.58. The number of carbonyl (C=O) groups is 1. The SMILES string of the molecule is O=C(O)[C@H]1CCCN1CC1=Cc2cc(Cl)cc(Cl)c2OC1. The van der Waals surface area contributed by atoms with E-state index in [9.17, 15) is 9.90 Å². The maximum Gasteiger partial charge on any atom is 0.320 e. The van der Waals surface area contributed by atoms with Crippen LogP contribution in [0.1, 0.15) is 18.4 Å². The van der Waals surface area contributed by atoms with Crippen molar-refractivity contribution >= 4 is 35.2 Å². The summed E-state index contributed by atoms with van der Waals surface area (Å²) < 4.78 is 5.69. The smallest absolute Gasteiger partial charge is 0.320 e. The van der Waals surface area contributed by atoms with E-state index in [2.05, 4.69) is 0 Å². The number of ether oxygens (including phenoxy) is 1. The van der Waals surface area contributed by atoms with Gasteiger partial charge in [0.2, 0.25) is 0 Å². The van der Waals surface area contributed by atoms with Gasteiger partial charge in [-0.3, -0.25) is 9.69 Å². The summed E-state index contributed by atoms with van der Waals surface area (Å²) in [6.07, 6.45) is 3.62. The van der Waals surface area contributed by atoms with E-state index in [0.29, 0.717) is 35.4 Å². The highest BCUT2D eigenvalue weighted by Crippen LogP contribution is 2.36. The number of benzene rings is 1. The molecule has 0 radical (unpaired) electrons. The van der Waals surface area contributed by atoms with Crippen LogP contribution in [0.25, 0.3) is 6.08 Å². The van der Waals surface area contributed by atoms with Crippen molar-refractivity contribution in [3.05, 3.63) is 33.3 Å². The minimum atomic E-state index is -0.753. The molecule has 0 bridgehead atoms. The maximum absolute atomic E-state index is 11.2. The van der Waals surface area contributed by atoms with E-state index < -0.39 is 12.0 Å². The molecule has 0 aromatic heterocycles. The first kappa shape index (κ1) is 14.7. The highest BCUT2D eigenvalue weighted by molar-refractivity contribution is 6.36. The molecular formula is C15H15Cl2NO3. The second-order valence-corrected chi connectivity index (χ2v) is 6.21. The Morgan fingerprint density at radius 1 is 1.43 bits per heavy atom. The quantitative estimate of drug-likeness (QED) is 0.925. The summed E-state index contributed by atoms with van der Waals surface area (Å²) in [4.78, 5) is 13.2. The van der Waals surface area contributed by atoms with Crippen molar-refractivity contribution in [1.82, 2.24) is 4.90 Å². The molecule has 0 aliphatic carbocycles. The van der Waals surface area contributed by atoms with Crippen LogP contribution in [0.5, 0.6) is 5.75 Å². The van der Waals surface area contributed by atoms with Gasteiger partial charge in [-0.1, -0.05) is 23.2 Å². The molecule has 4 nitrogen and oxygen atoms in total. The lowest BCUT2D eigenvalue weighted by atomic mass is 10.1. The zero-order valence-corrected chi connectivity index (χ0v) is 12.8. The zero-order valence-electron chi connectivity index (χ0n) is 11.3. The number of hydrogen-bond acceptors (Lipinski definition) is 3. The normalized spacial score (nSPS) is 21.6. The van der Waals surface area contributed by atoms with Gasteiger partial charge in [0.15, 0.2) is 0 Å². The minimum Gasteiger partial charge on any atom is -0.487 e. The Morgan fingerprint density at radius 3 is 3.00 bits per heavy atom. The fourth-order valence-electron chi connectivity index (χ4n) is 2.91. The average molecular weight is 328 g/mol. The van der Waals surface area contributed by atoms with Crippen LogP contribution in [0.3, 0.4) is 0 Å². The Morgan fingerprint density at radius 2 is 2.24 bits per heavy atom.